The molecule has 0 bridgehead atoms. The van der Waals surface area contributed by atoms with Gasteiger partial charge in [-0.05, 0) is 25.5 Å². The molecule has 0 amide bonds. The maximum atomic E-state index is 9.52. The number of anilines is 2. The number of aliphatic hydroxyl groups is 1. The first kappa shape index (κ1) is 11.8. The number of nitrogens with two attached hydrogens (primary N) is 1. The molecule has 15 heavy (non-hydrogen) atoms. The Balaban J connectivity index is 2.47. The molecule has 84 valence electrons. The Kier molecular flexibility index (Phi) is 4.37. The molecule has 0 aromatic carbocycles. The number of aliphatic hydroxyl groups excluding tert-OH is 1. The summed E-state index contributed by atoms with van der Waals surface area (Å²) in [6.07, 6.45) is 1.48. The third-order valence-electron chi connectivity index (χ3n) is 2.27. The van der Waals surface area contributed by atoms with Crippen molar-refractivity contribution in [1.82, 2.24) is 4.98 Å². The third-order valence-corrected chi connectivity index (χ3v) is 2.27. The largest absolute Gasteiger partial charge is 0.397 e. The van der Waals surface area contributed by atoms with E-state index in [2.05, 4.69) is 17.2 Å². The highest BCUT2D eigenvalue weighted by atomic mass is 16.3. The topological polar surface area (TPSA) is 71.2 Å². The number of hydrogen-bond acceptors (Lipinski definition) is 4. The lowest BCUT2D eigenvalue weighted by atomic mass is 10.2. The predicted octanol–water partition coefficient (Wildman–Crippen LogP) is 1.55. The van der Waals surface area contributed by atoms with Gasteiger partial charge in [0, 0.05) is 6.54 Å². The molecule has 4 heteroatoms. The van der Waals surface area contributed by atoms with Crippen LogP contribution in [0, 0.1) is 6.92 Å². The van der Waals surface area contributed by atoms with Crippen molar-refractivity contribution in [2.24, 2.45) is 0 Å². The van der Waals surface area contributed by atoms with Crippen molar-refractivity contribution in [2.75, 3.05) is 17.6 Å². The standard InChI is InChI=1S/C11H19N3O/c1-3-4-9(15)7-13-11-6-5-10(12)8(2)14-11/h5-6,9,15H,3-4,7,12H2,1-2H3,(H,13,14). The van der Waals surface area contributed by atoms with Crippen LogP contribution in [0.2, 0.25) is 0 Å². The van der Waals surface area contributed by atoms with Crippen LogP contribution in [0.5, 0.6) is 0 Å². The van der Waals surface area contributed by atoms with Crippen LogP contribution in [0.15, 0.2) is 12.1 Å². The minimum Gasteiger partial charge on any atom is -0.397 e. The molecular weight excluding hydrogens is 190 g/mol. The van der Waals surface area contributed by atoms with Crippen molar-refractivity contribution in [3.8, 4) is 0 Å². The van der Waals surface area contributed by atoms with Crippen molar-refractivity contribution in [3.05, 3.63) is 17.8 Å². The molecule has 1 heterocycles. The number of nitrogens with zero attached hydrogens (tertiary/aromatic N) is 1. The number of hydrogen-bond donors (Lipinski definition) is 3. The second-order valence-corrected chi connectivity index (χ2v) is 3.69. The van der Waals surface area contributed by atoms with Gasteiger partial charge in [0.05, 0.1) is 17.5 Å². The average Bonchev–Trinajstić information content (AvgIpc) is 2.20. The zero-order chi connectivity index (χ0) is 11.3. The van der Waals surface area contributed by atoms with Gasteiger partial charge in [0.2, 0.25) is 0 Å². The van der Waals surface area contributed by atoms with E-state index in [0.29, 0.717) is 12.2 Å². The molecule has 0 aliphatic heterocycles. The SMILES string of the molecule is CCCC(O)CNc1ccc(N)c(C)n1. The summed E-state index contributed by atoms with van der Waals surface area (Å²) < 4.78 is 0. The molecule has 0 radical (unpaired) electrons. The second-order valence-electron chi connectivity index (χ2n) is 3.69. The van der Waals surface area contributed by atoms with Crippen molar-refractivity contribution in [3.63, 3.8) is 0 Å². The molecule has 4 N–H and O–H groups in total. The molecule has 0 aliphatic carbocycles. The quantitative estimate of drug-likeness (QED) is 0.688. The smallest absolute Gasteiger partial charge is 0.126 e. The molecule has 1 rings (SSSR count). The van der Waals surface area contributed by atoms with Gasteiger partial charge in [0.1, 0.15) is 5.82 Å². The van der Waals surface area contributed by atoms with Gasteiger partial charge in [0.15, 0.2) is 0 Å². The summed E-state index contributed by atoms with van der Waals surface area (Å²) in [6, 6.07) is 3.64. The molecule has 1 unspecified atom stereocenters. The highest BCUT2D eigenvalue weighted by Gasteiger charge is 2.03. The molecule has 0 fully saturated rings. The predicted molar refractivity (Wildman–Crippen MR) is 62.8 cm³/mol. The molecule has 1 atom stereocenters. The van der Waals surface area contributed by atoms with Crippen molar-refractivity contribution in [1.29, 1.82) is 0 Å². The van der Waals surface area contributed by atoms with Crippen molar-refractivity contribution in [2.45, 2.75) is 32.8 Å². The summed E-state index contributed by atoms with van der Waals surface area (Å²) in [6.45, 7) is 4.45. The number of aromatic nitrogens is 1. The average molecular weight is 209 g/mol. The molecule has 1 aromatic rings. The van der Waals surface area contributed by atoms with E-state index in [-0.39, 0.29) is 6.10 Å². The van der Waals surface area contributed by atoms with Crippen LogP contribution < -0.4 is 11.1 Å². The summed E-state index contributed by atoms with van der Waals surface area (Å²) in [5, 5.41) is 12.6. The Hall–Kier alpha value is -1.29. The molecular formula is C11H19N3O. The number of aryl methyl sites for hydroxylation is 1. The van der Waals surface area contributed by atoms with Gasteiger partial charge < -0.3 is 16.2 Å². The Morgan fingerprint density at radius 2 is 2.27 bits per heavy atom. The van der Waals surface area contributed by atoms with Crippen LogP contribution in [-0.2, 0) is 0 Å². The van der Waals surface area contributed by atoms with E-state index in [1.807, 2.05) is 19.1 Å². The highest BCUT2D eigenvalue weighted by Crippen LogP contribution is 2.11. The highest BCUT2D eigenvalue weighted by molar-refractivity contribution is 5.48. The fourth-order valence-corrected chi connectivity index (χ4v) is 1.33. The van der Waals surface area contributed by atoms with Gasteiger partial charge in [-0.2, -0.15) is 0 Å². The molecule has 0 saturated carbocycles. The van der Waals surface area contributed by atoms with Crippen LogP contribution in [0.3, 0.4) is 0 Å². The van der Waals surface area contributed by atoms with E-state index >= 15 is 0 Å². The molecule has 1 aromatic heterocycles. The van der Waals surface area contributed by atoms with E-state index in [0.717, 1.165) is 24.4 Å². The van der Waals surface area contributed by atoms with Gasteiger partial charge in [-0.25, -0.2) is 4.98 Å². The maximum Gasteiger partial charge on any atom is 0.126 e. The van der Waals surface area contributed by atoms with Crippen LogP contribution in [0.25, 0.3) is 0 Å². The van der Waals surface area contributed by atoms with E-state index in [4.69, 9.17) is 5.73 Å². The van der Waals surface area contributed by atoms with Crippen LogP contribution >= 0.6 is 0 Å². The number of nitrogens with one attached hydrogen (secondary N) is 1. The van der Waals surface area contributed by atoms with E-state index in [1.165, 1.54) is 0 Å². The first-order chi connectivity index (χ1) is 7.13. The normalized spacial score (nSPS) is 12.5. The van der Waals surface area contributed by atoms with Gasteiger partial charge in [-0.3, -0.25) is 0 Å². The zero-order valence-electron chi connectivity index (χ0n) is 9.33. The Bertz CT molecular complexity index is 315. The second kappa shape index (κ2) is 5.56. The summed E-state index contributed by atoms with van der Waals surface area (Å²) in [5.74, 6) is 0.761. The van der Waals surface area contributed by atoms with Crippen molar-refractivity contribution < 1.29 is 5.11 Å². The minimum absolute atomic E-state index is 0.311. The Morgan fingerprint density at radius 3 is 2.87 bits per heavy atom. The summed E-state index contributed by atoms with van der Waals surface area (Å²) in [7, 11) is 0. The number of pyridine rings is 1. The van der Waals surface area contributed by atoms with Crippen LogP contribution in [-0.4, -0.2) is 22.7 Å². The Morgan fingerprint density at radius 1 is 1.53 bits per heavy atom. The lowest BCUT2D eigenvalue weighted by Crippen LogP contribution is -2.19. The van der Waals surface area contributed by atoms with Crippen LogP contribution in [0.1, 0.15) is 25.5 Å². The summed E-state index contributed by atoms with van der Waals surface area (Å²) in [5.41, 5.74) is 7.15. The first-order valence-corrected chi connectivity index (χ1v) is 5.28. The van der Waals surface area contributed by atoms with Gasteiger partial charge >= 0.3 is 0 Å². The van der Waals surface area contributed by atoms with E-state index in [1.54, 1.807) is 0 Å². The summed E-state index contributed by atoms with van der Waals surface area (Å²) >= 11 is 0. The van der Waals surface area contributed by atoms with Crippen molar-refractivity contribution >= 4 is 11.5 Å². The lowest BCUT2D eigenvalue weighted by molar-refractivity contribution is 0.176. The van der Waals surface area contributed by atoms with Gasteiger partial charge in [0.25, 0.3) is 0 Å². The van der Waals surface area contributed by atoms with Gasteiger partial charge in [-0.1, -0.05) is 13.3 Å². The van der Waals surface area contributed by atoms with Crippen LogP contribution in [0.4, 0.5) is 11.5 Å². The monoisotopic (exact) mass is 209 g/mol. The minimum atomic E-state index is -0.311. The zero-order valence-corrected chi connectivity index (χ0v) is 9.33. The fourth-order valence-electron chi connectivity index (χ4n) is 1.33. The first-order valence-electron chi connectivity index (χ1n) is 5.28. The molecule has 4 nitrogen and oxygen atoms in total. The van der Waals surface area contributed by atoms with E-state index in [9.17, 15) is 5.11 Å². The summed E-state index contributed by atoms with van der Waals surface area (Å²) in [4.78, 5) is 4.26. The third kappa shape index (κ3) is 3.75. The molecule has 0 saturated heterocycles. The fraction of sp³-hybridized carbons (Fsp3) is 0.545. The number of nitrogen functional groups attached to an aromatic ring is 1. The Labute approximate surface area is 90.5 Å². The lowest BCUT2D eigenvalue weighted by Gasteiger charge is -2.11. The maximum absolute atomic E-state index is 9.52. The molecule has 0 aliphatic rings. The van der Waals surface area contributed by atoms with Gasteiger partial charge in [-0.15, -0.1) is 0 Å². The van der Waals surface area contributed by atoms with E-state index < -0.39 is 0 Å². The molecule has 0 spiro atoms. The number of rotatable bonds is 5.